The van der Waals surface area contributed by atoms with Crippen molar-refractivity contribution in [2.24, 2.45) is 11.8 Å². The molecule has 3 heterocycles. The lowest BCUT2D eigenvalue weighted by atomic mass is 9.92. The first-order chi connectivity index (χ1) is 15.7. The molecule has 4 rings (SSSR count). The molecule has 3 aliphatic rings. The molecule has 0 aliphatic carbocycles. The zero-order chi connectivity index (χ0) is 22.2. The molecule has 0 N–H and O–H groups in total. The number of nitrogens with zero attached hydrogens (tertiary/aromatic N) is 3. The van der Waals surface area contributed by atoms with Crippen molar-refractivity contribution in [1.29, 1.82) is 0 Å². The van der Waals surface area contributed by atoms with Crippen LogP contribution in [0.2, 0.25) is 0 Å². The van der Waals surface area contributed by atoms with E-state index in [0.29, 0.717) is 25.5 Å². The summed E-state index contributed by atoms with van der Waals surface area (Å²) in [4.78, 5) is 32.2. The summed E-state index contributed by atoms with van der Waals surface area (Å²) in [5, 5.41) is 0. The summed E-state index contributed by atoms with van der Waals surface area (Å²) in [7, 11) is 0. The fraction of sp³-hybridized carbons (Fsp3) is 0.680. The minimum atomic E-state index is -0.0569. The van der Waals surface area contributed by atoms with Crippen LogP contribution in [0.5, 0.6) is 5.75 Å². The van der Waals surface area contributed by atoms with Gasteiger partial charge < -0.3 is 19.3 Å². The van der Waals surface area contributed by atoms with Crippen molar-refractivity contribution in [3.63, 3.8) is 0 Å². The number of carbonyl (C=O) groups is 2. The van der Waals surface area contributed by atoms with E-state index in [4.69, 9.17) is 9.47 Å². The third-order valence-electron chi connectivity index (χ3n) is 7.00. The smallest absolute Gasteiger partial charge is 0.227 e. The Kier molecular flexibility index (Phi) is 8.40. The minimum absolute atomic E-state index is 0.0569. The van der Waals surface area contributed by atoms with Crippen molar-refractivity contribution in [3.8, 4) is 5.75 Å². The normalized spacial score (nSPS) is 23.2. The number of hydrogen-bond donors (Lipinski definition) is 0. The van der Waals surface area contributed by atoms with Crippen molar-refractivity contribution in [1.82, 2.24) is 14.7 Å². The predicted molar refractivity (Wildman–Crippen MR) is 122 cm³/mol. The van der Waals surface area contributed by atoms with Crippen molar-refractivity contribution < 1.29 is 19.1 Å². The molecule has 7 heteroatoms. The Labute approximate surface area is 191 Å². The van der Waals surface area contributed by atoms with Gasteiger partial charge >= 0.3 is 0 Å². The van der Waals surface area contributed by atoms with E-state index >= 15 is 0 Å². The van der Waals surface area contributed by atoms with Crippen molar-refractivity contribution in [3.05, 3.63) is 30.3 Å². The van der Waals surface area contributed by atoms with E-state index in [1.54, 1.807) is 0 Å². The van der Waals surface area contributed by atoms with E-state index in [9.17, 15) is 9.59 Å². The molecule has 0 aromatic heterocycles. The highest BCUT2D eigenvalue weighted by molar-refractivity contribution is 5.81. The molecule has 1 aromatic carbocycles. The van der Waals surface area contributed by atoms with Crippen LogP contribution in [0.1, 0.15) is 32.1 Å². The van der Waals surface area contributed by atoms with Gasteiger partial charge in [-0.3, -0.25) is 14.5 Å². The van der Waals surface area contributed by atoms with Crippen LogP contribution in [-0.2, 0) is 14.3 Å². The van der Waals surface area contributed by atoms with Crippen molar-refractivity contribution in [2.75, 3.05) is 65.6 Å². The molecule has 3 fully saturated rings. The Bertz CT molecular complexity index is 730. The van der Waals surface area contributed by atoms with Crippen LogP contribution in [0.25, 0.3) is 0 Å². The molecule has 1 unspecified atom stereocenters. The highest BCUT2D eigenvalue weighted by Crippen LogP contribution is 2.24. The van der Waals surface area contributed by atoms with E-state index in [2.05, 4.69) is 4.90 Å². The van der Waals surface area contributed by atoms with Crippen LogP contribution in [0.3, 0.4) is 0 Å². The van der Waals surface area contributed by atoms with E-state index in [1.165, 1.54) is 0 Å². The molecule has 176 valence electrons. The molecule has 1 aromatic rings. The van der Waals surface area contributed by atoms with Gasteiger partial charge in [-0.25, -0.2) is 0 Å². The maximum atomic E-state index is 13.2. The topological polar surface area (TPSA) is 62.3 Å². The minimum Gasteiger partial charge on any atom is -0.493 e. The van der Waals surface area contributed by atoms with Crippen LogP contribution >= 0.6 is 0 Å². The van der Waals surface area contributed by atoms with Gasteiger partial charge in [-0.15, -0.1) is 0 Å². The molecule has 3 aliphatic heterocycles. The maximum Gasteiger partial charge on any atom is 0.227 e. The second kappa shape index (κ2) is 11.7. The zero-order valence-corrected chi connectivity index (χ0v) is 19.1. The van der Waals surface area contributed by atoms with Gasteiger partial charge in [0.15, 0.2) is 0 Å². The predicted octanol–water partition coefficient (Wildman–Crippen LogP) is 2.26. The quantitative estimate of drug-likeness (QED) is 0.647. The molecule has 0 spiro atoms. The molecular formula is C25H37N3O4. The van der Waals surface area contributed by atoms with Gasteiger partial charge in [0.1, 0.15) is 5.75 Å². The average molecular weight is 444 g/mol. The summed E-state index contributed by atoms with van der Waals surface area (Å²) >= 11 is 0. The average Bonchev–Trinajstić information content (AvgIpc) is 2.85. The van der Waals surface area contributed by atoms with Gasteiger partial charge in [-0.05, 0) is 43.7 Å². The molecule has 7 nitrogen and oxygen atoms in total. The van der Waals surface area contributed by atoms with Gasteiger partial charge in [-0.2, -0.15) is 0 Å². The summed E-state index contributed by atoms with van der Waals surface area (Å²) in [5.74, 6) is 1.73. The van der Waals surface area contributed by atoms with Gasteiger partial charge in [-0.1, -0.05) is 18.2 Å². The molecule has 0 saturated carbocycles. The molecule has 0 radical (unpaired) electrons. The Hall–Kier alpha value is -2.12. The lowest BCUT2D eigenvalue weighted by molar-refractivity contribution is -0.142. The fourth-order valence-corrected chi connectivity index (χ4v) is 5.08. The maximum absolute atomic E-state index is 13.2. The van der Waals surface area contributed by atoms with E-state index in [0.717, 1.165) is 83.9 Å². The van der Waals surface area contributed by atoms with Gasteiger partial charge in [0.05, 0.1) is 32.2 Å². The number of hydrogen-bond acceptors (Lipinski definition) is 5. The number of amides is 2. The zero-order valence-electron chi connectivity index (χ0n) is 19.1. The van der Waals surface area contributed by atoms with Crippen LogP contribution in [0.4, 0.5) is 0 Å². The monoisotopic (exact) mass is 443 g/mol. The first-order valence-corrected chi connectivity index (χ1v) is 12.2. The van der Waals surface area contributed by atoms with Crippen LogP contribution in [-0.4, -0.2) is 92.1 Å². The number of likely N-dealkylation sites (tertiary alicyclic amines) is 2. The summed E-state index contributed by atoms with van der Waals surface area (Å²) in [6.45, 7) is 8.23. The van der Waals surface area contributed by atoms with Gasteiger partial charge in [0, 0.05) is 45.8 Å². The molecule has 2 amide bonds. The van der Waals surface area contributed by atoms with Crippen LogP contribution in [0, 0.1) is 11.8 Å². The summed E-state index contributed by atoms with van der Waals surface area (Å²) in [6, 6.07) is 9.57. The Morgan fingerprint density at radius 1 is 0.938 bits per heavy atom. The van der Waals surface area contributed by atoms with E-state index < -0.39 is 0 Å². The third-order valence-corrected chi connectivity index (χ3v) is 7.00. The largest absolute Gasteiger partial charge is 0.493 e. The molecule has 3 saturated heterocycles. The van der Waals surface area contributed by atoms with Crippen LogP contribution < -0.4 is 4.74 Å². The summed E-state index contributed by atoms with van der Waals surface area (Å²) < 4.78 is 11.1. The highest BCUT2D eigenvalue weighted by atomic mass is 16.5. The Balaban J connectivity index is 1.18. The van der Waals surface area contributed by atoms with Crippen molar-refractivity contribution in [2.45, 2.75) is 32.1 Å². The number of ether oxygens (including phenoxy) is 2. The first-order valence-electron chi connectivity index (χ1n) is 12.2. The first kappa shape index (κ1) is 23.1. The van der Waals surface area contributed by atoms with Crippen LogP contribution in [0.15, 0.2) is 30.3 Å². The molecule has 0 bridgehead atoms. The summed E-state index contributed by atoms with van der Waals surface area (Å²) in [5.41, 5.74) is 0. The van der Waals surface area contributed by atoms with Crippen molar-refractivity contribution >= 4 is 11.8 Å². The molecular weight excluding hydrogens is 406 g/mol. The number of morpholine rings is 1. The number of rotatable bonds is 7. The standard InChI is InChI=1S/C25H37N3O4/c29-24(10-16-32-23-6-2-1-3-7-23)28-11-4-5-22(20-28)25(30)27-12-8-21(9-13-27)19-26-14-17-31-18-15-26/h1-3,6-7,21-22H,4-5,8-20H2. The van der Waals surface area contributed by atoms with Gasteiger partial charge in [0.2, 0.25) is 11.8 Å². The SMILES string of the molecule is O=C(CCOc1ccccc1)N1CCCC(C(=O)N2CCC(CN3CCOCC3)CC2)C1. The number of carbonyl (C=O) groups excluding carboxylic acids is 2. The van der Waals surface area contributed by atoms with E-state index in [-0.39, 0.29) is 17.7 Å². The lowest BCUT2D eigenvalue weighted by Crippen LogP contribution is -2.49. The number of benzene rings is 1. The second-order valence-corrected chi connectivity index (χ2v) is 9.27. The Morgan fingerprint density at radius 3 is 2.44 bits per heavy atom. The summed E-state index contributed by atoms with van der Waals surface area (Å²) in [6.07, 6.45) is 4.29. The fourth-order valence-electron chi connectivity index (χ4n) is 5.08. The van der Waals surface area contributed by atoms with Gasteiger partial charge in [0.25, 0.3) is 0 Å². The lowest BCUT2D eigenvalue weighted by Gasteiger charge is -2.39. The Morgan fingerprint density at radius 2 is 1.69 bits per heavy atom. The highest BCUT2D eigenvalue weighted by Gasteiger charge is 2.33. The second-order valence-electron chi connectivity index (χ2n) is 9.27. The number of para-hydroxylation sites is 1. The molecule has 32 heavy (non-hydrogen) atoms. The molecule has 1 atom stereocenters. The number of piperidine rings is 2. The van der Waals surface area contributed by atoms with E-state index in [1.807, 2.05) is 40.1 Å². The third kappa shape index (κ3) is 6.45.